The van der Waals surface area contributed by atoms with E-state index in [0.29, 0.717) is 31.1 Å². The van der Waals surface area contributed by atoms with Crippen molar-refractivity contribution in [2.75, 3.05) is 6.61 Å². The number of nitrogens with one attached hydrogen (secondary N) is 1. The van der Waals surface area contributed by atoms with Crippen LogP contribution in [0.4, 0.5) is 0 Å². The molecule has 2 aromatic carbocycles. The van der Waals surface area contributed by atoms with Crippen LogP contribution >= 0.6 is 11.3 Å². The lowest BCUT2D eigenvalue weighted by Crippen LogP contribution is -2.19. The van der Waals surface area contributed by atoms with Crippen LogP contribution in [0.1, 0.15) is 28.5 Å². The van der Waals surface area contributed by atoms with Gasteiger partial charge < -0.3 is 9.47 Å². The number of ether oxygens (including phenoxy) is 2. The van der Waals surface area contributed by atoms with E-state index in [2.05, 4.69) is 29.6 Å². The largest absolute Gasteiger partial charge is 0.490 e. The third-order valence-corrected chi connectivity index (χ3v) is 4.94. The molecule has 3 rings (SSSR count). The molecule has 0 unspecified atom stereocenters. The molecule has 29 heavy (non-hydrogen) atoms. The standard InChI is InChI=1S/C23H24N2O3S/c1-3-27-22-13-18(15-24-25-23(26)14-20-8-5-11-29-20)9-10-21(22)28-16-19-7-4-6-17(2)12-19/h4-13,15H,3,14,16H2,1-2H3,(H,25,26)/b24-15-. The predicted molar refractivity (Wildman–Crippen MR) is 117 cm³/mol. The SMILES string of the molecule is CCOc1cc(/C=N\NC(=O)Cc2cccs2)ccc1OCc1cccc(C)c1. The van der Waals surface area contributed by atoms with Crippen LogP contribution in [-0.4, -0.2) is 18.7 Å². The Balaban J connectivity index is 1.61. The molecule has 1 amide bonds. The molecule has 150 valence electrons. The van der Waals surface area contributed by atoms with Crippen LogP contribution < -0.4 is 14.9 Å². The van der Waals surface area contributed by atoms with Gasteiger partial charge in [0.15, 0.2) is 11.5 Å². The van der Waals surface area contributed by atoms with Gasteiger partial charge in [0, 0.05) is 4.88 Å². The summed E-state index contributed by atoms with van der Waals surface area (Å²) in [6.45, 7) is 4.98. The summed E-state index contributed by atoms with van der Waals surface area (Å²) in [6.07, 6.45) is 1.92. The Morgan fingerprint density at radius 2 is 2.00 bits per heavy atom. The maximum atomic E-state index is 11.9. The van der Waals surface area contributed by atoms with Crippen LogP contribution in [-0.2, 0) is 17.8 Å². The maximum absolute atomic E-state index is 11.9. The Morgan fingerprint density at radius 1 is 1.10 bits per heavy atom. The van der Waals surface area contributed by atoms with Gasteiger partial charge >= 0.3 is 0 Å². The highest BCUT2D eigenvalue weighted by Gasteiger charge is 2.07. The molecule has 0 fully saturated rings. The average molecular weight is 409 g/mol. The maximum Gasteiger partial charge on any atom is 0.245 e. The molecule has 0 aliphatic carbocycles. The number of carbonyl (C=O) groups is 1. The molecule has 1 heterocycles. The van der Waals surface area contributed by atoms with Crippen molar-refractivity contribution in [2.45, 2.75) is 26.9 Å². The lowest BCUT2D eigenvalue weighted by Gasteiger charge is -2.13. The van der Waals surface area contributed by atoms with Gasteiger partial charge in [-0.15, -0.1) is 11.3 Å². The summed E-state index contributed by atoms with van der Waals surface area (Å²) in [5.74, 6) is 1.17. The second kappa shape index (κ2) is 10.4. The average Bonchev–Trinajstić information content (AvgIpc) is 3.20. The molecule has 5 nitrogen and oxygen atoms in total. The molecule has 0 aliphatic heterocycles. The molecule has 0 atom stereocenters. The fourth-order valence-electron chi connectivity index (χ4n) is 2.75. The van der Waals surface area contributed by atoms with Crippen LogP contribution in [0.2, 0.25) is 0 Å². The number of thiophene rings is 1. The number of hydrogen-bond donors (Lipinski definition) is 1. The zero-order chi connectivity index (χ0) is 20.5. The first-order chi connectivity index (χ1) is 14.1. The van der Waals surface area contributed by atoms with Crippen molar-refractivity contribution < 1.29 is 14.3 Å². The highest BCUT2D eigenvalue weighted by Crippen LogP contribution is 2.29. The molecule has 1 aromatic heterocycles. The van der Waals surface area contributed by atoms with E-state index < -0.39 is 0 Å². The highest BCUT2D eigenvalue weighted by molar-refractivity contribution is 7.10. The molecule has 0 bridgehead atoms. The van der Waals surface area contributed by atoms with Crippen molar-refractivity contribution in [2.24, 2.45) is 5.10 Å². The molecule has 0 spiro atoms. The number of carbonyl (C=O) groups excluding carboxylic acids is 1. The Bertz CT molecular complexity index is 968. The number of nitrogens with zero attached hydrogens (tertiary/aromatic N) is 1. The molecular formula is C23H24N2O3S. The Hall–Kier alpha value is -3.12. The van der Waals surface area contributed by atoms with Gasteiger partial charge in [-0.1, -0.05) is 35.9 Å². The van der Waals surface area contributed by atoms with Gasteiger partial charge in [-0.25, -0.2) is 5.43 Å². The first-order valence-corrected chi connectivity index (χ1v) is 10.3. The fraction of sp³-hybridized carbons (Fsp3) is 0.217. The van der Waals surface area contributed by atoms with Crippen molar-refractivity contribution in [3.63, 3.8) is 0 Å². The van der Waals surface area contributed by atoms with Crippen LogP contribution in [0.25, 0.3) is 0 Å². The third-order valence-electron chi connectivity index (χ3n) is 4.06. The van der Waals surface area contributed by atoms with Gasteiger partial charge in [-0.05, 0) is 54.6 Å². The van der Waals surface area contributed by atoms with E-state index in [1.165, 1.54) is 5.56 Å². The molecule has 1 N–H and O–H groups in total. The molecule has 6 heteroatoms. The zero-order valence-electron chi connectivity index (χ0n) is 16.6. The first-order valence-electron chi connectivity index (χ1n) is 9.43. The van der Waals surface area contributed by atoms with Gasteiger partial charge in [0.1, 0.15) is 6.61 Å². The molecule has 0 saturated heterocycles. The van der Waals surface area contributed by atoms with E-state index in [4.69, 9.17) is 9.47 Å². The van der Waals surface area contributed by atoms with Crippen molar-refractivity contribution in [1.29, 1.82) is 0 Å². The van der Waals surface area contributed by atoms with Crippen molar-refractivity contribution in [1.82, 2.24) is 5.43 Å². The summed E-state index contributed by atoms with van der Waals surface area (Å²) in [5, 5.41) is 5.99. The fourth-order valence-corrected chi connectivity index (χ4v) is 3.45. The summed E-state index contributed by atoms with van der Waals surface area (Å²) in [6, 6.07) is 17.6. The Morgan fingerprint density at radius 3 is 2.76 bits per heavy atom. The quantitative estimate of drug-likeness (QED) is 0.411. The summed E-state index contributed by atoms with van der Waals surface area (Å²) >= 11 is 1.55. The van der Waals surface area contributed by atoms with Crippen LogP contribution in [0.5, 0.6) is 11.5 Å². The molecule has 3 aromatic rings. The van der Waals surface area contributed by atoms with Crippen molar-refractivity contribution in [3.05, 3.63) is 81.5 Å². The lowest BCUT2D eigenvalue weighted by molar-refractivity contribution is -0.120. The number of hydrogen-bond acceptors (Lipinski definition) is 5. The van der Waals surface area contributed by atoms with E-state index in [9.17, 15) is 4.79 Å². The Labute approximate surface area is 175 Å². The van der Waals surface area contributed by atoms with Gasteiger partial charge in [-0.3, -0.25) is 4.79 Å². The molecular weight excluding hydrogens is 384 g/mol. The Kier molecular flexibility index (Phi) is 7.41. The summed E-state index contributed by atoms with van der Waals surface area (Å²) < 4.78 is 11.7. The van der Waals surface area contributed by atoms with E-state index in [0.717, 1.165) is 16.0 Å². The predicted octanol–water partition coefficient (Wildman–Crippen LogP) is 4.73. The van der Waals surface area contributed by atoms with Gasteiger partial charge in [0.05, 0.1) is 19.2 Å². The van der Waals surface area contributed by atoms with E-state index in [1.807, 2.05) is 54.8 Å². The number of rotatable bonds is 9. The minimum atomic E-state index is -0.146. The van der Waals surface area contributed by atoms with Gasteiger partial charge in [-0.2, -0.15) is 5.10 Å². The third kappa shape index (κ3) is 6.47. The van der Waals surface area contributed by atoms with Crippen molar-refractivity contribution in [3.8, 4) is 11.5 Å². The topological polar surface area (TPSA) is 59.9 Å². The monoisotopic (exact) mass is 408 g/mol. The lowest BCUT2D eigenvalue weighted by atomic mass is 10.1. The summed E-state index contributed by atoms with van der Waals surface area (Å²) in [5.41, 5.74) is 5.67. The first kappa shape index (κ1) is 20.6. The normalized spacial score (nSPS) is 10.8. The number of benzene rings is 2. The summed E-state index contributed by atoms with van der Waals surface area (Å²) in [7, 11) is 0. The van der Waals surface area contributed by atoms with Crippen LogP contribution in [0, 0.1) is 6.92 Å². The summed E-state index contributed by atoms with van der Waals surface area (Å²) in [4.78, 5) is 12.9. The number of aryl methyl sites for hydroxylation is 1. The van der Waals surface area contributed by atoms with E-state index in [1.54, 1.807) is 17.6 Å². The smallest absolute Gasteiger partial charge is 0.245 e. The van der Waals surface area contributed by atoms with Crippen LogP contribution in [0.3, 0.4) is 0 Å². The van der Waals surface area contributed by atoms with E-state index >= 15 is 0 Å². The molecule has 0 aliphatic rings. The second-order valence-electron chi connectivity index (χ2n) is 6.47. The van der Waals surface area contributed by atoms with Gasteiger partial charge in [0.25, 0.3) is 0 Å². The molecule has 0 radical (unpaired) electrons. The number of amides is 1. The minimum Gasteiger partial charge on any atom is -0.490 e. The second-order valence-corrected chi connectivity index (χ2v) is 7.50. The highest BCUT2D eigenvalue weighted by atomic mass is 32.1. The zero-order valence-corrected chi connectivity index (χ0v) is 17.4. The van der Waals surface area contributed by atoms with Crippen molar-refractivity contribution >= 4 is 23.5 Å². The number of hydrazone groups is 1. The minimum absolute atomic E-state index is 0.146. The van der Waals surface area contributed by atoms with E-state index in [-0.39, 0.29) is 5.91 Å². The van der Waals surface area contributed by atoms with Crippen LogP contribution in [0.15, 0.2) is 65.1 Å². The van der Waals surface area contributed by atoms with Gasteiger partial charge in [0.2, 0.25) is 5.91 Å². The molecule has 0 saturated carbocycles.